The summed E-state index contributed by atoms with van der Waals surface area (Å²) in [5.74, 6) is 0. The Balaban J connectivity index is 1.92. The van der Waals surface area contributed by atoms with Crippen LogP contribution >= 0.6 is 0 Å². The van der Waals surface area contributed by atoms with Crippen molar-refractivity contribution < 1.29 is 0 Å². The van der Waals surface area contributed by atoms with Crippen LogP contribution in [0, 0.1) is 5.41 Å². The standard InChI is InChI=1S/C9H17N/c1-10-8-3-6-9(7-8)4-2-5-9/h8,10H,2-7H2,1H3. The van der Waals surface area contributed by atoms with E-state index in [-0.39, 0.29) is 0 Å². The maximum Gasteiger partial charge on any atom is 0.00695 e. The van der Waals surface area contributed by atoms with Gasteiger partial charge in [0.05, 0.1) is 0 Å². The highest BCUT2D eigenvalue weighted by Gasteiger charge is 2.42. The second kappa shape index (κ2) is 2.23. The Morgan fingerprint density at radius 1 is 1.30 bits per heavy atom. The third kappa shape index (κ3) is 0.878. The predicted octanol–water partition coefficient (Wildman–Crippen LogP) is 1.93. The van der Waals surface area contributed by atoms with Gasteiger partial charge in [-0.15, -0.1) is 0 Å². The minimum absolute atomic E-state index is 0.827. The van der Waals surface area contributed by atoms with Crippen molar-refractivity contribution in [2.45, 2.75) is 44.6 Å². The molecule has 0 aromatic rings. The van der Waals surface area contributed by atoms with Crippen LogP contribution in [0.15, 0.2) is 0 Å². The van der Waals surface area contributed by atoms with Crippen molar-refractivity contribution in [2.75, 3.05) is 7.05 Å². The predicted molar refractivity (Wildman–Crippen MR) is 43.0 cm³/mol. The minimum Gasteiger partial charge on any atom is -0.317 e. The second-order valence-electron chi connectivity index (χ2n) is 4.08. The van der Waals surface area contributed by atoms with Gasteiger partial charge in [-0.1, -0.05) is 6.42 Å². The van der Waals surface area contributed by atoms with Crippen LogP contribution < -0.4 is 5.32 Å². The maximum absolute atomic E-state index is 3.39. The highest BCUT2D eigenvalue weighted by molar-refractivity contribution is 4.96. The number of rotatable bonds is 1. The molecule has 2 saturated carbocycles. The molecule has 2 fully saturated rings. The highest BCUT2D eigenvalue weighted by atomic mass is 14.9. The molecule has 58 valence electrons. The van der Waals surface area contributed by atoms with Crippen molar-refractivity contribution in [1.82, 2.24) is 5.32 Å². The molecule has 2 aliphatic carbocycles. The average molecular weight is 139 g/mol. The molecule has 0 saturated heterocycles. The molecule has 10 heavy (non-hydrogen) atoms. The second-order valence-corrected chi connectivity index (χ2v) is 4.08. The molecule has 1 atom stereocenters. The summed E-state index contributed by atoms with van der Waals surface area (Å²) in [5, 5.41) is 3.39. The van der Waals surface area contributed by atoms with Crippen LogP contribution in [0.2, 0.25) is 0 Å². The van der Waals surface area contributed by atoms with Crippen molar-refractivity contribution in [3.8, 4) is 0 Å². The quantitative estimate of drug-likeness (QED) is 0.585. The molecule has 0 aromatic carbocycles. The number of hydrogen-bond donors (Lipinski definition) is 1. The first-order valence-corrected chi connectivity index (χ1v) is 4.52. The van der Waals surface area contributed by atoms with E-state index in [0.717, 1.165) is 11.5 Å². The molecule has 1 heteroatoms. The Morgan fingerprint density at radius 3 is 2.40 bits per heavy atom. The third-order valence-corrected chi connectivity index (χ3v) is 3.53. The molecular weight excluding hydrogens is 122 g/mol. The lowest BCUT2D eigenvalue weighted by Gasteiger charge is -2.38. The average Bonchev–Trinajstić information content (AvgIpc) is 2.29. The fraction of sp³-hybridized carbons (Fsp3) is 1.00. The zero-order valence-electron chi connectivity index (χ0n) is 6.82. The third-order valence-electron chi connectivity index (χ3n) is 3.53. The summed E-state index contributed by atoms with van der Waals surface area (Å²) in [6.07, 6.45) is 8.92. The molecule has 1 unspecified atom stereocenters. The topological polar surface area (TPSA) is 12.0 Å². The molecule has 1 spiro atoms. The first-order chi connectivity index (χ1) is 4.85. The Morgan fingerprint density at radius 2 is 2.10 bits per heavy atom. The fourth-order valence-corrected chi connectivity index (χ4v) is 2.58. The van der Waals surface area contributed by atoms with E-state index in [0.29, 0.717) is 0 Å². The van der Waals surface area contributed by atoms with Gasteiger partial charge in [-0.05, 0) is 44.6 Å². The lowest BCUT2D eigenvalue weighted by molar-refractivity contribution is 0.140. The zero-order valence-corrected chi connectivity index (χ0v) is 6.82. The van der Waals surface area contributed by atoms with Crippen LogP contribution in [-0.4, -0.2) is 13.1 Å². The van der Waals surface area contributed by atoms with E-state index in [4.69, 9.17) is 0 Å². The monoisotopic (exact) mass is 139 g/mol. The van der Waals surface area contributed by atoms with Gasteiger partial charge in [0, 0.05) is 6.04 Å². The van der Waals surface area contributed by atoms with Crippen LogP contribution in [0.1, 0.15) is 38.5 Å². The lowest BCUT2D eigenvalue weighted by atomic mass is 9.67. The summed E-state index contributed by atoms with van der Waals surface area (Å²) in [7, 11) is 2.10. The van der Waals surface area contributed by atoms with E-state index in [1.165, 1.54) is 38.5 Å². The van der Waals surface area contributed by atoms with Crippen molar-refractivity contribution in [3.05, 3.63) is 0 Å². The van der Waals surface area contributed by atoms with Gasteiger partial charge in [-0.25, -0.2) is 0 Å². The Kier molecular flexibility index (Phi) is 1.48. The van der Waals surface area contributed by atoms with Gasteiger partial charge in [-0.3, -0.25) is 0 Å². The SMILES string of the molecule is CNC1CCC2(CCC2)C1. The van der Waals surface area contributed by atoms with Gasteiger partial charge >= 0.3 is 0 Å². The zero-order chi connectivity index (χ0) is 7.03. The van der Waals surface area contributed by atoms with Crippen molar-refractivity contribution >= 4 is 0 Å². The molecule has 2 aliphatic rings. The maximum atomic E-state index is 3.39. The molecule has 0 radical (unpaired) electrons. The highest BCUT2D eigenvalue weighted by Crippen LogP contribution is 2.52. The van der Waals surface area contributed by atoms with Crippen LogP contribution in [0.4, 0.5) is 0 Å². The van der Waals surface area contributed by atoms with Gasteiger partial charge in [0.1, 0.15) is 0 Å². The smallest absolute Gasteiger partial charge is 0.00695 e. The van der Waals surface area contributed by atoms with Crippen LogP contribution in [-0.2, 0) is 0 Å². The van der Waals surface area contributed by atoms with Gasteiger partial charge in [0.25, 0.3) is 0 Å². The van der Waals surface area contributed by atoms with E-state index in [1.54, 1.807) is 0 Å². The summed E-state index contributed by atoms with van der Waals surface area (Å²) in [4.78, 5) is 0. The van der Waals surface area contributed by atoms with Crippen LogP contribution in [0.5, 0.6) is 0 Å². The van der Waals surface area contributed by atoms with Crippen molar-refractivity contribution in [2.24, 2.45) is 5.41 Å². The van der Waals surface area contributed by atoms with Crippen molar-refractivity contribution in [1.29, 1.82) is 0 Å². The summed E-state index contributed by atoms with van der Waals surface area (Å²) in [6.45, 7) is 0. The van der Waals surface area contributed by atoms with Gasteiger partial charge in [-0.2, -0.15) is 0 Å². The van der Waals surface area contributed by atoms with E-state index in [1.807, 2.05) is 0 Å². The van der Waals surface area contributed by atoms with Crippen LogP contribution in [0.3, 0.4) is 0 Å². The summed E-state index contributed by atoms with van der Waals surface area (Å²) < 4.78 is 0. The minimum atomic E-state index is 0.827. The fourth-order valence-electron chi connectivity index (χ4n) is 2.58. The van der Waals surface area contributed by atoms with E-state index >= 15 is 0 Å². The van der Waals surface area contributed by atoms with E-state index < -0.39 is 0 Å². The molecule has 0 aliphatic heterocycles. The number of nitrogens with one attached hydrogen (secondary N) is 1. The molecule has 1 nitrogen and oxygen atoms in total. The molecule has 1 N–H and O–H groups in total. The molecule has 0 aromatic heterocycles. The van der Waals surface area contributed by atoms with Gasteiger partial charge < -0.3 is 5.32 Å². The molecular formula is C9H17N. The normalized spacial score (nSPS) is 36.3. The lowest BCUT2D eigenvalue weighted by Crippen LogP contribution is -2.29. The van der Waals surface area contributed by atoms with Gasteiger partial charge in [0.2, 0.25) is 0 Å². The molecule has 0 amide bonds. The first kappa shape index (κ1) is 6.66. The summed E-state index contributed by atoms with van der Waals surface area (Å²) in [6, 6.07) is 0.847. The molecule has 2 rings (SSSR count). The molecule has 0 bridgehead atoms. The molecule has 0 heterocycles. The van der Waals surface area contributed by atoms with Crippen molar-refractivity contribution in [3.63, 3.8) is 0 Å². The van der Waals surface area contributed by atoms with Gasteiger partial charge in [0.15, 0.2) is 0 Å². The van der Waals surface area contributed by atoms with E-state index in [2.05, 4.69) is 12.4 Å². The Labute approximate surface area is 63.2 Å². The Hall–Kier alpha value is -0.0400. The largest absolute Gasteiger partial charge is 0.317 e. The van der Waals surface area contributed by atoms with Crippen LogP contribution in [0.25, 0.3) is 0 Å². The van der Waals surface area contributed by atoms with E-state index in [9.17, 15) is 0 Å². The summed E-state index contributed by atoms with van der Waals surface area (Å²) in [5.41, 5.74) is 0.827. The Bertz CT molecular complexity index is 127. The summed E-state index contributed by atoms with van der Waals surface area (Å²) >= 11 is 0. The first-order valence-electron chi connectivity index (χ1n) is 4.52. The number of hydrogen-bond acceptors (Lipinski definition) is 1.